The molecule has 0 unspecified atom stereocenters. The number of carbonyl (C=O) groups is 1. The van der Waals surface area contributed by atoms with Gasteiger partial charge in [0.25, 0.3) is 11.6 Å². The van der Waals surface area contributed by atoms with E-state index in [2.05, 4.69) is 10.6 Å². The second-order valence-electron chi connectivity index (χ2n) is 5.42. The van der Waals surface area contributed by atoms with E-state index in [1.165, 1.54) is 25.3 Å². The summed E-state index contributed by atoms with van der Waals surface area (Å²) in [5.74, 6) is 0.526. The Balaban J connectivity index is 2.00. The maximum Gasteiger partial charge on any atom is 0.273 e. The zero-order chi connectivity index (χ0) is 19.8. The summed E-state index contributed by atoms with van der Waals surface area (Å²) in [4.78, 5) is 22.6. The highest BCUT2D eigenvalue weighted by molar-refractivity contribution is 7.80. The van der Waals surface area contributed by atoms with Crippen LogP contribution in [0, 0.1) is 10.1 Å². The van der Waals surface area contributed by atoms with Gasteiger partial charge in [0.2, 0.25) is 0 Å². The summed E-state index contributed by atoms with van der Waals surface area (Å²) in [6.45, 7) is 2.62. The number of amides is 1. The molecular weight excluding hydrogens is 370 g/mol. The first-order valence-electron chi connectivity index (χ1n) is 8.12. The van der Waals surface area contributed by atoms with E-state index in [1.54, 1.807) is 24.3 Å². The molecule has 2 N–H and O–H groups in total. The first-order chi connectivity index (χ1) is 12.9. The average Bonchev–Trinajstić information content (AvgIpc) is 2.66. The van der Waals surface area contributed by atoms with E-state index < -0.39 is 10.8 Å². The van der Waals surface area contributed by atoms with E-state index in [1.807, 2.05) is 6.92 Å². The molecule has 2 rings (SSSR count). The van der Waals surface area contributed by atoms with Crippen LogP contribution in [0.15, 0.2) is 42.5 Å². The van der Waals surface area contributed by atoms with Gasteiger partial charge in [-0.15, -0.1) is 0 Å². The van der Waals surface area contributed by atoms with Crippen LogP contribution in [-0.4, -0.2) is 29.7 Å². The van der Waals surface area contributed by atoms with Crippen molar-refractivity contribution in [2.75, 3.05) is 19.0 Å². The largest absolute Gasteiger partial charge is 0.494 e. The summed E-state index contributed by atoms with van der Waals surface area (Å²) in [6, 6.07) is 10.7. The molecule has 2 aromatic rings. The molecule has 0 fully saturated rings. The highest BCUT2D eigenvalue weighted by Crippen LogP contribution is 2.28. The predicted octanol–water partition coefficient (Wildman–Crippen LogP) is 3.52. The third-order valence-corrected chi connectivity index (χ3v) is 3.66. The SMILES string of the molecule is CCCOc1ccc(C(=O)NC(=S)Nc2ccc([N+](=O)[O-])cc2OC)cc1. The molecule has 0 saturated carbocycles. The average molecular weight is 389 g/mol. The number of nitrogens with zero attached hydrogens (tertiary/aromatic N) is 1. The number of methoxy groups -OCH3 is 1. The van der Waals surface area contributed by atoms with Gasteiger partial charge >= 0.3 is 0 Å². The van der Waals surface area contributed by atoms with Crippen LogP contribution < -0.4 is 20.1 Å². The van der Waals surface area contributed by atoms with Gasteiger partial charge < -0.3 is 14.8 Å². The topological polar surface area (TPSA) is 103 Å². The minimum Gasteiger partial charge on any atom is -0.494 e. The molecule has 1 amide bonds. The van der Waals surface area contributed by atoms with Crippen molar-refractivity contribution in [3.8, 4) is 11.5 Å². The molecule has 2 aromatic carbocycles. The van der Waals surface area contributed by atoms with Crippen LogP contribution in [0.2, 0.25) is 0 Å². The molecular formula is C18H19N3O5S. The van der Waals surface area contributed by atoms with Crippen LogP contribution in [0.4, 0.5) is 11.4 Å². The van der Waals surface area contributed by atoms with Gasteiger partial charge in [-0.2, -0.15) is 0 Å². The number of ether oxygens (including phenoxy) is 2. The molecule has 0 spiro atoms. The van der Waals surface area contributed by atoms with Crippen molar-refractivity contribution >= 4 is 34.6 Å². The fourth-order valence-electron chi connectivity index (χ4n) is 2.15. The Morgan fingerprint density at radius 3 is 2.52 bits per heavy atom. The molecule has 142 valence electrons. The molecule has 0 saturated heterocycles. The van der Waals surface area contributed by atoms with Crippen LogP contribution in [0.3, 0.4) is 0 Å². The third-order valence-electron chi connectivity index (χ3n) is 3.46. The van der Waals surface area contributed by atoms with Gasteiger partial charge in [0.1, 0.15) is 11.5 Å². The molecule has 0 aliphatic rings. The maximum absolute atomic E-state index is 12.3. The zero-order valence-electron chi connectivity index (χ0n) is 14.9. The molecule has 0 radical (unpaired) electrons. The van der Waals surface area contributed by atoms with Gasteiger partial charge in [-0.3, -0.25) is 20.2 Å². The molecule has 9 heteroatoms. The van der Waals surface area contributed by atoms with Gasteiger partial charge in [0.05, 0.1) is 30.4 Å². The Morgan fingerprint density at radius 2 is 1.93 bits per heavy atom. The van der Waals surface area contributed by atoms with E-state index in [0.29, 0.717) is 23.6 Å². The number of non-ortho nitro benzene ring substituents is 1. The van der Waals surface area contributed by atoms with Crippen molar-refractivity contribution in [3.63, 3.8) is 0 Å². The molecule has 27 heavy (non-hydrogen) atoms. The van der Waals surface area contributed by atoms with Crippen LogP contribution in [-0.2, 0) is 0 Å². The Morgan fingerprint density at radius 1 is 1.22 bits per heavy atom. The van der Waals surface area contributed by atoms with Gasteiger partial charge in [-0.1, -0.05) is 6.92 Å². The van der Waals surface area contributed by atoms with E-state index in [9.17, 15) is 14.9 Å². The van der Waals surface area contributed by atoms with E-state index in [0.717, 1.165) is 6.42 Å². The molecule has 0 atom stereocenters. The van der Waals surface area contributed by atoms with Crippen molar-refractivity contribution in [2.24, 2.45) is 0 Å². The predicted molar refractivity (Wildman–Crippen MR) is 106 cm³/mol. The highest BCUT2D eigenvalue weighted by atomic mass is 32.1. The molecule has 0 bridgehead atoms. The lowest BCUT2D eigenvalue weighted by Gasteiger charge is -2.13. The number of anilines is 1. The van der Waals surface area contributed by atoms with Gasteiger partial charge in [0, 0.05) is 11.6 Å². The number of nitrogens with one attached hydrogen (secondary N) is 2. The highest BCUT2D eigenvalue weighted by Gasteiger charge is 2.14. The standard InChI is InChI=1S/C18H19N3O5S/c1-3-10-26-14-7-4-12(5-8-14)17(22)20-18(27)19-15-9-6-13(21(23)24)11-16(15)25-2/h4-9,11H,3,10H2,1-2H3,(H2,19,20,22,27). The number of hydrogen-bond donors (Lipinski definition) is 2. The van der Waals surface area contributed by atoms with E-state index in [4.69, 9.17) is 21.7 Å². The third kappa shape index (κ3) is 5.65. The number of carbonyl (C=O) groups excluding carboxylic acids is 1. The lowest BCUT2D eigenvalue weighted by molar-refractivity contribution is -0.384. The monoisotopic (exact) mass is 389 g/mol. The summed E-state index contributed by atoms with van der Waals surface area (Å²) >= 11 is 5.13. The molecule has 0 aliphatic carbocycles. The minimum absolute atomic E-state index is 0.0402. The van der Waals surface area contributed by atoms with Crippen LogP contribution >= 0.6 is 12.2 Å². The van der Waals surface area contributed by atoms with Crippen LogP contribution in [0.25, 0.3) is 0 Å². The Labute approximate surface area is 161 Å². The van der Waals surface area contributed by atoms with E-state index >= 15 is 0 Å². The molecule has 8 nitrogen and oxygen atoms in total. The molecule has 0 heterocycles. The molecule has 0 aromatic heterocycles. The summed E-state index contributed by atoms with van der Waals surface area (Å²) < 4.78 is 10.6. The second-order valence-corrected chi connectivity index (χ2v) is 5.83. The normalized spacial score (nSPS) is 10.0. The minimum atomic E-state index is -0.527. The smallest absolute Gasteiger partial charge is 0.273 e. The van der Waals surface area contributed by atoms with Crippen LogP contribution in [0.1, 0.15) is 23.7 Å². The van der Waals surface area contributed by atoms with Gasteiger partial charge in [-0.05, 0) is 49.0 Å². The Bertz CT molecular complexity index is 839. The summed E-state index contributed by atoms with van der Waals surface area (Å²) in [5, 5.41) is 16.2. The van der Waals surface area contributed by atoms with Crippen molar-refractivity contribution in [2.45, 2.75) is 13.3 Å². The van der Waals surface area contributed by atoms with E-state index in [-0.39, 0.29) is 16.5 Å². The number of rotatable bonds is 7. The van der Waals surface area contributed by atoms with Crippen molar-refractivity contribution in [1.82, 2.24) is 5.32 Å². The summed E-state index contributed by atoms with van der Waals surface area (Å²) in [6.07, 6.45) is 0.897. The zero-order valence-corrected chi connectivity index (χ0v) is 15.7. The maximum atomic E-state index is 12.3. The quantitative estimate of drug-likeness (QED) is 0.424. The number of benzene rings is 2. The second kappa shape index (κ2) is 9.48. The first kappa shape index (κ1) is 20.1. The summed E-state index contributed by atoms with van der Waals surface area (Å²) in [5.41, 5.74) is 0.702. The Hall–Kier alpha value is -3.20. The van der Waals surface area contributed by atoms with Crippen molar-refractivity contribution in [1.29, 1.82) is 0 Å². The number of nitro groups is 1. The Kier molecular flexibility index (Phi) is 7.07. The number of hydrogen-bond acceptors (Lipinski definition) is 6. The van der Waals surface area contributed by atoms with Gasteiger partial charge in [-0.25, -0.2) is 0 Å². The lowest BCUT2D eigenvalue weighted by Crippen LogP contribution is -2.34. The van der Waals surface area contributed by atoms with Crippen molar-refractivity contribution < 1.29 is 19.2 Å². The molecule has 0 aliphatic heterocycles. The van der Waals surface area contributed by atoms with Gasteiger partial charge in [0.15, 0.2) is 5.11 Å². The lowest BCUT2D eigenvalue weighted by atomic mass is 10.2. The summed E-state index contributed by atoms with van der Waals surface area (Å²) in [7, 11) is 1.38. The first-order valence-corrected chi connectivity index (χ1v) is 8.53. The number of nitro benzene ring substituents is 1. The van der Waals surface area contributed by atoms with Crippen LogP contribution in [0.5, 0.6) is 11.5 Å². The fraction of sp³-hybridized carbons (Fsp3) is 0.222. The van der Waals surface area contributed by atoms with Crippen molar-refractivity contribution in [3.05, 3.63) is 58.1 Å². The fourth-order valence-corrected chi connectivity index (χ4v) is 2.35. The number of thiocarbonyl (C=S) groups is 1.